The molecule has 1 saturated heterocycles. The number of pyridine rings is 1. The summed E-state index contributed by atoms with van der Waals surface area (Å²) >= 11 is 12.2. The highest BCUT2D eigenvalue weighted by molar-refractivity contribution is 6.42. The Morgan fingerprint density at radius 1 is 1.22 bits per heavy atom. The standard InChI is InChI=1S/C20H21Cl2N3O2/c1-24(2)18-4-3-5-19(23-18)25-17(10-11-26)14(7-9-20(25)27)13-6-8-15(21)16(22)12-13/h3-6,8,11-12,14,17H,7,9-10H2,1-2H3/t14-,17?/m0/s1. The molecule has 1 fully saturated rings. The number of hydrogen-bond donors (Lipinski definition) is 0. The summed E-state index contributed by atoms with van der Waals surface area (Å²) in [6, 6.07) is 10.7. The van der Waals surface area contributed by atoms with Crippen LogP contribution in [0.25, 0.3) is 0 Å². The normalized spacial score (nSPS) is 19.9. The smallest absolute Gasteiger partial charge is 0.228 e. The number of rotatable bonds is 5. The van der Waals surface area contributed by atoms with Crippen LogP contribution in [-0.4, -0.2) is 37.3 Å². The van der Waals surface area contributed by atoms with E-state index in [0.29, 0.717) is 28.7 Å². The Labute approximate surface area is 168 Å². The molecule has 2 aromatic rings. The molecule has 0 spiro atoms. The van der Waals surface area contributed by atoms with Crippen LogP contribution in [0.4, 0.5) is 11.6 Å². The van der Waals surface area contributed by atoms with E-state index in [1.54, 1.807) is 17.0 Å². The molecule has 0 N–H and O–H groups in total. The number of aldehydes is 1. The lowest BCUT2D eigenvalue weighted by Crippen LogP contribution is -2.48. The molecule has 2 heterocycles. The molecule has 1 unspecified atom stereocenters. The van der Waals surface area contributed by atoms with Crippen LogP contribution >= 0.6 is 23.2 Å². The van der Waals surface area contributed by atoms with Crippen LogP contribution in [0.1, 0.15) is 30.7 Å². The molecular formula is C20H21Cl2N3O2. The van der Waals surface area contributed by atoms with Gasteiger partial charge in [-0.2, -0.15) is 0 Å². The molecule has 142 valence electrons. The monoisotopic (exact) mass is 405 g/mol. The third kappa shape index (κ3) is 4.09. The zero-order valence-corrected chi connectivity index (χ0v) is 16.7. The summed E-state index contributed by atoms with van der Waals surface area (Å²) in [5.74, 6) is 1.26. The minimum absolute atomic E-state index is 0.0209. The second-order valence-corrected chi connectivity index (χ2v) is 7.61. The molecule has 3 rings (SSSR count). The number of carbonyl (C=O) groups is 2. The summed E-state index contributed by atoms with van der Waals surface area (Å²) in [4.78, 5) is 32.3. The maximum atomic E-state index is 12.8. The van der Waals surface area contributed by atoms with E-state index in [4.69, 9.17) is 23.2 Å². The molecule has 0 aliphatic carbocycles. The Hall–Kier alpha value is -2.11. The van der Waals surface area contributed by atoms with Gasteiger partial charge in [-0.25, -0.2) is 4.98 Å². The first-order chi connectivity index (χ1) is 12.9. The number of benzene rings is 1. The van der Waals surface area contributed by atoms with Crippen molar-refractivity contribution in [3.8, 4) is 0 Å². The quantitative estimate of drug-likeness (QED) is 0.694. The average molecular weight is 406 g/mol. The number of halogens is 2. The Morgan fingerprint density at radius 2 is 2.00 bits per heavy atom. The van der Waals surface area contributed by atoms with Gasteiger partial charge in [0, 0.05) is 32.9 Å². The highest BCUT2D eigenvalue weighted by Gasteiger charge is 2.38. The summed E-state index contributed by atoms with van der Waals surface area (Å²) in [6.45, 7) is 0. The summed E-state index contributed by atoms with van der Waals surface area (Å²) in [7, 11) is 3.79. The Morgan fingerprint density at radius 3 is 2.67 bits per heavy atom. The number of hydrogen-bond acceptors (Lipinski definition) is 4. The van der Waals surface area contributed by atoms with Crippen LogP contribution in [0.15, 0.2) is 36.4 Å². The van der Waals surface area contributed by atoms with Crippen molar-refractivity contribution in [1.29, 1.82) is 0 Å². The molecule has 1 aliphatic rings. The van der Waals surface area contributed by atoms with Gasteiger partial charge in [0.1, 0.15) is 17.9 Å². The number of anilines is 2. The Balaban J connectivity index is 2.03. The highest BCUT2D eigenvalue weighted by Crippen LogP contribution is 2.39. The second-order valence-electron chi connectivity index (χ2n) is 6.80. The van der Waals surface area contributed by atoms with Crippen LogP contribution in [0.5, 0.6) is 0 Å². The van der Waals surface area contributed by atoms with Gasteiger partial charge in [-0.3, -0.25) is 9.69 Å². The topological polar surface area (TPSA) is 53.5 Å². The van der Waals surface area contributed by atoms with Crippen LogP contribution in [0, 0.1) is 0 Å². The van der Waals surface area contributed by atoms with Gasteiger partial charge in [-0.15, -0.1) is 0 Å². The van der Waals surface area contributed by atoms with Crippen molar-refractivity contribution in [1.82, 2.24) is 4.98 Å². The second kappa shape index (κ2) is 8.28. The van der Waals surface area contributed by atoms with Gasteiger partial charge in [-0.05, 0) is 36.2 Å². The SMILES string of the molecule is CN(C)c1cccc(N2C(=O)CC[C@@H](c3ccc(Cl)c(Cl)c3)C2CC=O)n1. The maximum Gasteiger partial charge on any atom is 0.228 e. The zero-order valence-electron chi connectivity index (χ0n) is 15.2. The molecule has 27 heavy (non-hydrogen) atoms. The lowest BCUT2D eigenvalue weighted by molar-refractivity contribution is -0.120. The number of piperidine rings is 1. The van der Waals surface area contributed by atoms with E-state index in [1.165, 1.54) is 0 Å². The fraction of sp³-hybridized carbons (Fsp3) is 0.350. The summed E-state index contributed by atoms with van der Waals surface area (Å²) in [5, 5.41) is 0.951. The molecular weight excluding hydrogens is 385 g/mol. The third-order valence-electron chi connectivity index (χ3n) is 4.87. The van der Waals surface area contributed by atoms with Crippen LogP contribution < -0.4 is 9.80 Å². The molecule has 1 amide bonds. The molecule has 2 atom stereocenters. The molecule has 7 heteroatoms. The van der Waals surface area contributed by atoms with Crippen molar-refractivity contribution in [3.63, 3.8) is 0 Å². The molecule has 0 bridgehead atoms. The molecule has 1 aromatic heterocycles. The highest BCUT2D eigenvalue weighted by atomic mass is 35.5. The maximum absolute atomic E-state index is 12.8. The van der Waals surface area contributed by atoms with Crippen LogP contribution in [0.3, 0.4) is 0 Å². The van der Waals surface area contributed by atoms with Gasteiger partial charge in [-0.1, -0.05) is 35.3 Å². The van der Waals surface area contributed by atoms with Gasteiger partial charge < -0.3 is 9.69 Å². The molecule has 0 radical (unpaired) electrons. The zero-order chi connectivity index (χ0) is 19.6. The van der Waals surface area contributed by atoms with E-state index in [0.717, 1.165) is 17.7 Å². The summed E-state index contributed by atoms with van der Waals surface area (Å²) in [6.07, 6.45) is 2.12. The van der Waals surface area contributed by atoms with Gasteiger partial charge in [0.2, 0.25) is 5.91 Å². The van der Waals surface area contributed by atoms with E-state index < -0.39 is 0 Å². The molecule has 5 nitrogen and oxygen atoms in total. The van der Waals surface area contributed by atoms with Crippen LogP contribution in [-0.2, 0) is 9.59 Å². The Kier molecular flexibility index (Phi) is 6.02. The van der Waals surface area contributed by atoms with Crippen molar-refractivity contribution in [2.24, 2.45) is 0 Å². The number of aromatic nitrogens is 1. The minimum Gasteiger partial charge on any atom is -0.363 e. The fourth-order valence-corrected chi connectivity index (χ4v) is 3.86. The number of amides is 1. The first-order valence-electron chi connectivity index (χ1n) is 8.77. The van der Waals surface area contributed by atoms with Gasteiger partial charge in [0.05, 0.1) is 16.1 Å². The lowest BCUT2D eigenvalue weighted by atomic mass is 9.82. The fourth-order valence-electron chi connectivity index (χ4n) is 3.55. The summed E-state index contributed by atoms with van der Waals surface area (Å²) < 4.78 is 0. The van der Waals surface area contributed by atoms with E-state index in [9.17, 15) is 9.59 Å². The van der Waals surface area contributed by atoms with Crippen LogP contribution in [0.2, 0.25) is 10.0 Å². The predicted octanol–water partition coefficient (Wildman–Crippen LogP) is 4.32. The predicted molar refractivity (Wildman–Crippen MR) is 109 cm³/mol. The van der Waals surface area contributed by atoms with E-state index >= 15 is 0 Å². The van der Waals surface area contributed by atoms with E-state index in [2.05, 4.69) is 4.98 Å². The average Bonchev–Trinajstić information content (AvgIpc) is 2.65. The molecule has 0 saturated carbocycles. The third-order valence-corrected chi connectivity index (χ3v) is 5.61. The Bertz CT molecular complexity index is 857. The number of carbonyl (C=O) groups excluding carboxylic acids is 2. The first-order valence-corrected chi connectivity index (χ1v) is 9.53. The lowest BCUT2D eigenvalue weighted by Gasteiger charge is -2.40. The van der Waals surface area contributed by atoms with Gasteiger partial charge in [0.25, 0.3) is 0 Å². The molecule has 1 aromatic carbocycles. The first kappa shape index (κ1) is 19.6. The summed E-state index contributed by atoms with van der Waals surface area (Å²) in [5.41, 5.74) is 0.970. The minimum atomic E-state index is -0.314. The molecule has 1 aliphatic heterocycles. The number of nitrogens with zero attached hydrogens (tertiary/aromatic N) is 3. The largest absolute Gasteiger partial charge is 0.363 e. The van der Waals surface area contributed by atoms with Crippen molar-refractivity contribution in [3.05, 3.63) is 52.0 Å². The van der Waals surface area contributed by atoms with E-state index in [1.807, 2.05) is 43.3 Å². The van der Waals surface area contributed by atoms with Gasteiger partial charge >= 0.3 is 0 Å². The van der Waals surface area contributed by atoms with Gasteiger partial charge in [0.15, 0.2) is 0 Å². The van der Waals surface area contributed by atoms with Crippen molar-refractivity contribution < 1.29 is 9.59 Å². The van der Waals surface area contributed by atoms with Crippen molar-refractivity contribution in [2.75, 3.05) is 23.9 Å². The van der Waals surface area contributed by atoms with E-state index in [-0.39, 0.29) is 24.3 Å². The van der Waals surface area contributed by atoms with Crippen molar-refractivity contribution in [2.45, 2.75) is 31.2 Å². The van der Waals surface area contributed by atoms with Crippen molar-refractivity contribution >= 4 is 47.0 Å².